The summed E-state index contributed by atoms with van der Waals surface area (Å²) >= 11 is 0. The summed E-state index contributed by atoms with van der Waals surface area (Å²) in [5.41, 5.74) is -0.230. The van der Waals surface area contributed by atoms with E-state index in [2.05, 4.69) is 9.80 Å². The highest BCUT2D eigenvalue weighted by Gasteiger charge is 2.36. The number of phenols is 1. The molecule has 3 N–H and O–H groups in total. The highest BCUT2D eigenvalue weighted by Crippen LogP contribution is 2.32. The molecule has 0 saturated carbocycles. The molecule has 4 rings (SSSR count). The summed E-state index contributed by atoms with van der Waals surface area (Å²) < 4.78 is 75.7. The van der Waals surface area contributed by atoms with Crippen LogP contribution in [0.1, 0.15) is 27.0 Å². The van der Waals surface area contributed by atoms with Crippen molar-refractivity contribution in [2.75, 3.05) is 66.1 Å². The molecule has 2 unspecified atom stereocenters. The number of benzene rings is 2. The van der Waals surface area contributed by atoms with Gasteiger partial charge in [0, 0.05) is 64.5 Å². The molecule has 2 aromatic carbocycles. The van der Waals surface area contributed by atoms with Gasteiger partial charge in [0.15, 0.2) is 0 Å². The third-order valence-corrected chi connectivity index (χ3v) is 8.58. The number of piperazine rings is 1. The zero-order valence-electron chi connectivity index (χ0n) is 24.5. The monoisotopic (exact) mass is 686 g/mol. The van der Waals surface area contributed by atoms with Crippen LogP contribution >= 0.6 is 24.8 Å². The summed E-state index contributed by atoms with van der Waals surface area (Å²) in [7, 11) is -2.87. The van der Waals surface area contributed by atoms with Crippen LogP contribution in [0.5, 0.6) is 5.75 Å². The van der Waals surface area contributed by atoms with Gasteiger partial charge >= 0.3 is 6.18 Å². The van der Waals surface area contributed by atoms with Crippen LogP contribution < -0.4 is 5.14 Å². The predicted octanol–water partition coefficient (Wildman–Crippen LogP) is 2.93. The highest BCUT2D eigenvalue weighted by molar-refractivity contribution is 7.89. The summed E-state index contributed by atoms with van der Waals surface area (Å²) in [5, 5.41) is 15.4. The Morgan fingerprint density at radius 2 is 1.75 bits per heavy atom. The normalized spacial score (nSPS) is 20.1. The number of hydrogen-bond donors (Lipinski definition) is 2. The molecule has 0 radical (unpaired) electrons. The number of carbonyl (C=O) groups excluding carboxylic acids is 1. The fraction of sp³-hybridized carbons (Fsp3) is 0.536. The summed E-state index contributed by atoms with van der Waals surface area (Å²) in [6, 6.07) is 6.74. The Labute approximate surface area is 268 Å². The molecule has 10 nitrogen and oxygen atoms in total. The van der Waals surface area contributed by atoms with Gasteiger partial charge in [-0.15, -0.1) is 24.8 Å². The lowest BCUT2D eigenvalue weighted by Gasteiger charge is -2.43. The van der Waals surface area contributed by atoms with Gasteiger partial charge in [0.2, 0.25) is 10.0 Å². The number of aromatic hydroxyl groups is 1. The van der Waals surface area contributed by atoms with E-state index in [4.69, 9.17) is 14.6 Å². The Morgan fingerprint density at radius 1 is 1.07 bits per heavy atom. The van der Waals surface area contributed by atoms with E-state index >= 15 is 0 Å². The van der Waals surface area contributed by atoms with Crippen molar-refractivity contribution < 1.29 is 41.0 Å². The molecule has 44 heavy (non-hydrogen) atoms. The van der Waals surface area contributed by atoms with Gasteiger partial charge in [-0.2, -0.15) is 13.2 Å². The first kappa shape index (κ1) is 38.0. The van der Waals surface area contributed by atoms with E-state index in [1.54, 1.807) is 26.2 Å². The van der Waals surface area contributed by atoms with Crippen molar-refractivity contribution in [2.24, 2.45) is 5.14 Å². The number of sulfonamides is 1. The number of hydrogen-bond acceptors (Lipinski definition) is 8. The molecule has 0 spiro atoms. The van der Waals surface area contributed by atoms with Crippen LogP contribution in [-0.2, 0) is 32.1 Å². The predicted molar refractivity (Wildman–Crippen MR) is 163 cm³/mol. The van der Waals surface area contributed by atoms with Gasteiger partial charge in [0.25, 0.3) is 5.91 Å². The second-order valence-corrected chi connectivity index (χ2v) is 12.4. The minimum atomic E-state index is -4.88. The zero-order chi connectivity index (χ0) is 30.7. The average Bonchev–Trinajstić information content (AvgIpc) is 2.93. The topological polar surface area (TPSA) is 126 Å². The van der Waals surface area contributed by atoms with E-state index < -0.39 is 44.2 Å². The standard InChI is InChI=1S/C28H37F3N4O6S.2ClH/c1-19-3-4-20(12-26(19)36)11-23-16-33(5-6-34-9-10-41-24(17-34)18-40-2)7-8-35(23)27(37)21-13-22(28(29,30)31)15-25(14-21)42(32,38)39;;/h3-4,12-15,23-24,36H,5-11,16-18H2,1-2H3,(H2,32,38,39);2*1H. The first-order valence-corrected chi connectivity index (χ1v) is 15.2. The molecule has 0 aliphatic carbocycles. The number of nitrogens with two attached hydrogens (primary N) is 1. The number of amides is 1. The smallest absolute Gasteiger partial charge is 0.416 e. The SMILES string of the molecule is COCC1CN(CCN2CCN(C(=O)c3cc(C(F)(F)F)cc(S(N)(=O)=O)c3)C(Cc3ccc(C)c(O)c3)C2)CCO1.Cl.Cl. The second-order valence-electron chi connectivity index (χ2n) is 10.8. The van der Waals surface area contributed by atoms with Crippen LogP contribution in [0.15, 0.2) is 41.3 Å². The number of halogens is 5. The van der Waals surface area contributed by atoms with Crippen LogP contribution in [0, 0.1) is 6.92 Å². The maximum absolute atomic E-state index is 13.7. The molecule has 1 amide bonds. The van der Waals surface area contributed by atoms with E-state index in [0.29, 0.717) is 57.0 Å². The molecule has 2 aromatic rings. The lowest BCUT2D eigenvalue weighted by Crippen LogP contribution is -2.57. The maximum Gasteiger partial charge on any atom is 0.416 e. The average molecular weight is 688 g/mol. The van der Waals surface area contributed by atoms with Gasteiger partial charge in [-0.3, -0.25) is 14.6 Å². The summed E-state index contributed by atoms with van der Waals surface area (Å²) in [6.07, 6.45) is -4.55. The highest BCUT2D eigenvalue weighted by atomic mass is 35.5. The number of phenolic OH excluding ortho intramolecular Hbond substituents is 1. The number of rotatable bonds is 9. The minimum absolute atomic E-state index is 0. The quantitative estimate of drug-likeness (QED) is 0.413. The first-order chi connectivity index (χ1) is 19.7. The maximum atomic E-state index is 13.7. The Morgan fingerprint density at radius 3 is 2.36 bits per heavy atom. The molecule has 2 fully saturated rings. The second kappa shape index (κ2) is 15.9. The Bertz CT molecular complexity index is 1380. The molecule has 2 atom stereocenters. The van der Waals surface area contributed by atoms with E-state index in [1.165, 1.54) is 4.90 Å². The number of primary sulfonamides is 1. The van der Waals surface area contributed by atoms with E-state index in [9.17, 15) is 31.5 Å². The number of methoxy groups -OCH3 is 1. The number of morpholine rings is 1. The van der Waals surface area contributed by atoms with Crippen molar-refractivity contribution in [3.63, 3.8) is 0 Å². The lowest BCUT2D eigenvalue weighted by atomic mass is 9.99. The van der Waals surface area contributed by atoms with Gasteiger partial charge in [-0.1, -0.05) is 12.1 Å². The number of carbonyl (C=O) groups is 1. The van der Waals surface area contributed by atoms with Crippen molar-refractivity contribution in [1.29, 1.82) is 0 Å². The Kier molecular flexibility index (Phi) is 13.7. The van der Waals surface area contributed by atoms with E-state index in [-0.39, 0.29) is 43.2 Å². The molecule has 0 bridgehead atoms. The van der Waals surface area contributed by atoms with Gasteiger partial charge < -0.3 is 19.5 Å². The van der Waals surface area contributed by atoms with Crippen molar-refractivity contribution in [2.45, 2.75) is 36.6 Å². The van der Waals surface area contributed by atoms with Crippen molar-refractivity contribution >= 4 is 40.7 Å². The minimum Gasteiger partial charge on any atom is -0.508 e. The lowest BCUT2D eigenvalue weighted by molar-refractivity contribution is -0.137. The summed E-state index contributed by atoms with van der Waals surface area (Å²) in [4.78, 5) is 18.9. The van der Waals surface area contributed by atoms with Gasteiger partial charge in [0.1, 0.15) is 5.75 Å². The van der Waals surface area contributed by atoms with Crippen LogP contribution in [0.2, 0.25) is 0 Å². The van der Waals surface area contributed by atoms with Crippen LogP contribution in [0.25, 0.3) is 0 Å². The van der Waals surface area contributed by atoms with Crippen LogP contribution in [-0.4, -0.2) is 112 Å². The first-order valence-electron chi connectivity index (χ1n) is 13.6. The van der Waals surface area contributed by atoms with E-state index in [1.807, 2.05) is 6.07 Å². The number of nitrogens with zero attached hydrogens (tertiary/aromatic N) is 3. The van der Waals surface area contributed by atoms with E-state index in [0.717, 1.165) is 31.3 Å². The van der Waals surface area contributed by atoms with Gasteiger partial charge in [-0.05, 0) is 48.7 Å². The molecule has 2 aliphatic rings. The summed E-state index contributed by atoms with van der Waals surface area (Å²) in [6.45, 7) is 7.00. The van der Waals surface area contributed by atoms with Gasteiger partial charge in [0.05, 0.1) is 29.8 Å². The Balaban J connectivity index is 0.00000337. The molecule has 16 heteroatoms. The third-order valence-electron chi connectivity index (χ3n) is 7.69. The molecule has 248 valence electrons. The van der Waals surface area contributed by atoms with Crippen molar-refractivity contribution in [3.8, 4) is 5.75 Å². The Hall–Kier alpha value is -2.17. The largest absolute Gasteiger partial charge is 0.508 e. The van der Waals surface area contributed by atoms with Crippen LogP contribution in [0.4, 0.5) is 13.2 Å². The third kappa shape index (κ3) is 9.91. The molecule has 2 heterocycles. The van der Waals surface area contributed by atoms with Crippen molar-refractivity contribution in [3.05, 3.63) is 58.7 Å². The van der Waals surface area contributed by atoms with Crippen LogP contribution in [0.3, 0.4) is 0 Å². The number of aryl methyl sites for hydroxylation is 1. The number of ether oxygens (including phenoxy) is 2. The molecule has 2 saturated heterocycles. The zero-order valence-corrected chi connectivity index (χ0v) is 26.9. The molecule has 0 aromatic heterocycles. The summed E-state index contributed by atoms with van der Waals surface area (Å²) in [5.74, 6) is -0.616. The molecular formula is C28H39Cl2F3N4O6S. The van der Waals surface area contributed by atoms with Crippen molar-refractivity contribution in [1.82, 2.24) is 14.7 Å². The number of alkyl halides is 3. The fourth-order valence-electron chi connectivity index (χ4n) is 5.39. The fourth-order valence-corrected chi connectivity index (χ4v) is 5.97. The van der Waals surface area contributed by atoms with Gasteiger partial charge in [-0.25, -0.2) is 13.6 Å². The molecule has 2 aliphatic heterocycles. The molecular weight excluding hydrogens is 648 g/mol.